The number of nitrogens with zero attached hydrogens (tertiary/aromatic N) is 1. The third-order valence-electron chi connectivity index (χ3n) is 4.56. The highest BCUT2D eigenvalue weighted by atomic mass is 35.5. The summed E-state index contributed by atoms with van der Waals surface area (Å²) in [5, 5.41) is 0.201. The van der Waals surface area contributed by atoms with Gasteiger partial charge in [0.25, 0.3) is 5.56 Å². The van der Waals surface area contributed by atoms with Gasteiger partial charge in [0.05, 0.1) is 5.56 Å². The molecule has 2 aliphatic rings. The van der Waals surface area contributed by atoms with Crippen LogP contribution in [0.25, 0.3) is 0 Å². The Morgan fingerprint density at radius 3 is 2.67 bits per heavy atom. The van der Waals surface area contributed by atoms with Crippen molar-refractivity contribution in [3.8, 4) is 0 Å². The van der Waals surface area contributed by atoms with E-state index in [1.165, 1.54) is 17.4 Å². The second-order valence-corrected chi connectivity index (χ2v) is 5.87. The standard InChI is InChI=1S/C13H17ClN2O2/c1-2-9-11(14)15-13(18)16(12(9)17)10-6-7-3-4-8(10)5-7/h7-8,10H,2-6H2,1H3,(H,15,18). The van der Waals surface area contributed by atoms with Gasteiger partial charge in [-0.1, -0.05) is 24.9 Å². The lowest BCUT2D eigenvalue weighted by atomic mass is 9.95. The summed E-state index contributed by atoms with van der Waals surface area (Å²) in [7, 11) is 0. The number of nitrogens with one attached hydrogen (secondary N) is 1. The predicted octanol–water partition coefficient (Wildman–Crippen LogP) is 2.11. The number of halogens is 1. The van der Waals surface area contributed by atoms with E-state index in [-0.39, 0.29) is 22.4 Å². The van der Waals surface area contributed by atoms with Gasteiger partial charge in [-0.25, -0.2) is 4.79 Å². The highest BCUT2D eigenvalue weighted by molar-refractivity contribution is 6.30. The Labute approximate surface area is 110 Å². The van der Waals surface area contributed by atoms with Crippen LogP contribution in [0.5, 0.6) is 0 Å². The maximum atomic E-state index is 12.4. The summed E-state index contributed by atoms with van der Waals surface area (Å²) in [4.78, 5) is 27.0. The molecule has 1 N–H and O–H groups in total. The number of H-pyrrole nitrogens is 1. The van der Waals surface area contributed by atoms with Crippen LogP contribution in [0.2, 0.25) is 5.15 Å². The van der Waals surface area contributed by atoms with Crippen molar-refractivity contribution in [2.75, 3.05) is 0 Å². The highest BCUT2D eigenvalue weighted by Crippen LogP contribution is 2.49. The third-order valence-corrected chi connectivity index (χ3v) is 4.89. The molecule has 0 saturated heterocycles. The fourth-order valence-electron chi connectivity index (χ4n) is 3.70. The summed E-state index contributed by atoms with van der Waals surface area (Å²) in [6.45, 7) is 1.88. The quantitative estimate of drug-likeness (QED) is 0.836. The zero-order valence-corrected chi connectivity index (χ0v) is 11.2. The van der Waals surface area contributed by atoms with E-state index in [2.05, 4.69) is 4.98 Å². The lowest BCUT2D eigenvalue weighted by molar-refractivity contribution is 0.312. The van der Waals surface area contributed by atoms with Crippen molar-refractivity contribution in [1.29, 1.82) is 0 Å². The Morgan fingerprint density at radius 2 is 2.11 bits per heavy atom. The van der Waals surface area contributed by atoms with Crippen LogP contribution in [0, 0.1) is 11.8 Å². The predicted molar refractivity (Wildman–Crippen MR) is 70.2 cm³/mol. The van der Waals surface area contributed by atoms with Gasteiger partial charge < -0.3 is 0 Å². The van der Waals surface area contributed by atoms with E-state index in [0.717, 1.165) is 12.8 Å². The molecule has 98 valence electrons. The minimum absolute atomic E-state index is 0.0857. The molecule has 2 fully saturated rings. The number of hydrogen-bond donors (Lipinski definition) is 1. The minimum Gasteiger partial charge on any atom is -0.297 e. The van der Waals surface area contributed by atoms with Crippen molar-refractivity contribution in [3.05, 3.63) is 31.6 Å². The molecule has 3 atom stereocenters. The third kappa shape index (κ3) is 1.66. The van der Waals surface area contributed by atoms with Gasteiger partial charge in [0.15, 0.2) is 0 Å². The van der Waals surface area contributed by atoms with Crippen molar-refractivity contribution in [3.63, 3.8) is 0 Å². The summed E-state index contributed by atoms with van der Waals surface area (Å²) in [5.41, 5.74) is -0.0115. The van der Waals surface area contributed by atoms with Crippen LogP contribution < -0.4 is 11.2 Å². The first-order valence-corrected chi connectivity index (χ1v) is 7.02. The average Bonchev–Trinajstić information content (AvgIpc) is 2.91. The van der Waals surface area contributed by atoms with E-state index in [1.54, 1.807) is 0 Å². The Bertz CT molecular complexity index is 590. The maximum absolute atomic E-state index is 12.4. The van der Waals surface area contributed by atoms with E-state index in [9.17, 15) is 9.59 Å². The summed E-state index contributed by atoms with van der Waals surface area (Å²) in [6.07, 6.45) is 5.08. The molecule has 5 heteroatoms. The lowest BCUT2D eigenvalue weighted by Gasteiger charge is -2.23. The molecule has 4 nitrogen and oxygen atoms in total. The summed E-state index contributed by atoms with van der Waals surface area (Å²) < 4.78 is 1.43. The van der Waals surface area contributed by atoms with Crippen molar-refractivity contribution < 1.29 is 0 Å². The van der Waals surface area contributed by atoms with Crippen LogP contribution in [0.3, 0.4) is 0 Å². The molecule has 0 spiro atoms. The van der Waals surface area contributed by atoms with E-state index in [1.807, 2.05) is 6.92 Å². The normalized spacial score (nSPS) is 30.0. The summed E-state index contributed by atoms with van der Waals surface area (Å²) in [6, 6.07) is 0.0857. The van der Waals surface area contributed by atoms with E-state index in [0.29, 0.717) is 23.8 Å². The van der Waals surface area contributed by atoms with Gasteiger partial charge in [0, 0.05) is 6.04 Å². The van der Waals surface area contributed by atoms with Crippen LogP contribution >= 0.6 is 11.6 Å². The molecule has 18 heavy (non-hydrogen) atoms. The molecule has 2 aliphatic carbocycles. The Hall–Kier alpha value is -1.03. The van der Waals surface area contributed by atoms with Crippen LogP contribution in [-0.4, -0.2) is 9.55 Å². The van der Waals surface area contributed by atoms with Crippen LogP contribution in [-0.2, 0) is 6.42 Å². The first kappa shape index (κ1) is 12.0. The average molecular weight is 269 g/mol. The van der Waals surface area contributed by atoms with Crippen molar-refractivity contribution in [1.82, 2.24) is 9.55 Å². The van der Waals surface area contributed by atoms with E-state index < -0.39 is 0 Å². The monoisotopic (exact) mass is 268 g/mol. The first-order chi connectivity index (χ1) is 8.61. The zero-order chi connectivity index (χ0) is 12.9. The zero-order valence-electron chi connectivity index (χ0n) is 10.4. The highest BCUT2D eigenvalue weighted by Gasteiger charge is 2.41. The minimum atomic E-state index is -0.347. The van der Waals surface area contributed by atoms with Gasteiger partial charge in [0.1, 0.15) is 5.15 Å². The van der Waals surface area contributed by atoms with Gasteiger partial charge in [0.2, 0.25) is 0 Å². The number of aromatic nitrogens is 2. The molecule has 0 radical (unpaired) electrons. The van der Waals surface area contributed by atoms with Gasteiger partial charge in [-0.3, -0.25) is 14.3 Å². The number of hydrogen-bond acceptors (Lipinski definition) is 2. The maximum Gasteiger partial charge on any atom is 0.329 e. The van der Waals surface area contributed by atoms with Crippen molar-refractivity contribution in [2.24, 2.45) is 11.8 Å². The fraction of sp³-hybridized carbons (Fsp3) is 0.692. The van der Waals surface area contributed by atoms with Gasteiger partial charge in [-0.05, 0) is 37.5 Å². The van der Waals surface area contributed by atoms with Gasteiger partial charge in [-0.15, -0.1) is 0 Å². The molecular formula is C13H17ClN2O2. The second kappa shape index (κ2) is 4.26. The first-order valence-electron chi connectivity index (χ1n) is 6.65. The summed E-state index contributed by atoms with van der Waals surface area (Å²) >= 11 is 5.92. The topological polar surface area (TPSA) is 54.9 Å². The molecule has 0 aliphatic heterocycles. The number of fused-ring (bicyclic) bond motifs is 2. The van der Waals surface area contributed by atoms with Crippen LogP contribution in [0.4, 0.5) is 0 Å². The second-order valence-electron chi connectivity index (χ2n) is 5.49. The number of rotatable bonds is 2. The smallest absolute Gasteiger partial charge is 0.297 e. The van der Waals surface area contributed by atoms with Crippen LogP contribution in [0.1, 0.15) is 44.2 Å². The van der Waals surface area contributed by atoms with Crippen molar-refractivity contribution >= 4 is 11.6 Å². The molecule has 3 rings (SSSR count). The molecule has 3 unspecified atom stereocenters. The molecule has 2 saturated carbocycles. The van der Waals surface area contributed by atoms with Gasteiger partial charge in [-0.2, -0.15) is 0 Å². The lowest BCUT2D eigenvalue weighted by Crippen LogP contribution is -2.41. The fourth-order valence-corrected chi connectivity index (χ4v) is 3.99. The molecule has 0 amide bonds. The molecule has 0 aromatic carbocycles. The molecule has 1 aromatic rings. The number of aromatic amines is 1. The van der Waals surface area contributed by atoms with Crippen molar-refractivity contribution in [2.45, 2.75) is 45.1 Å². The summed E-state index contributed by atoms with van der Waals surface area (Å²) in [5.74, 6) is 1.20. The molecule has 1 aromatic heterocycles. The Morgan fingerprint density at radius 1 is 1.33 bits per heavy atom. The molecule has 1 heterocycles. The van der Waals surface area contributed by atoms with Crippen LogP contribution in [0.15, 0.2) is 9.59 Å². The molecular weight excluding hydrogens is 252 g/mol. The SMILES string of the molecule is CCc1c(Cl)[nH]c(=O)n(C2CC3CCC2C3)c1=O. The van der Waals surface area contributed by atoms with Gasteiger partial charge >= 0.3 is 5.69 Å². The Kier molecular flexibility index (Phi) is 2.85. The van der Waals surface area contributed by atoms with E-state index >= 15 is 0 Å². The largest absolute Gasteiger partial charge is 0.329 e. The molecule has 2 bridgehead atoms. The Balaban J connectivity index is 2.12. The van der Waals surface area contributed by atoms with E-state index in [4.69, 9.17) is 11.6 Å².